The molecule has 0 spiro atoms. The van der Waals surface area contributed by atoms with Crippen molar-refractivity contribution >= 4 is 44.3 Å². The number of anilines is 1. The predicted molar refractivity (Wildman–Crippen MR) is 126 cm³/mol. The summed E-state index contributed by atoms with van der Waals surface area (Å²) in [5.74, 6) is -0.998. The van der Waals surface area contributed by atoms with Gasteiger partial charge in [0, 0.05) is 24.6 Å². The van der Waals surface area contributed by atoms with E-state index in [1.165, 1.54) is 31.6 Å². The molecule has 4 rings (SSSR count). The van der Waals surface area contributed by atoms with Crippen LogP contribution in [0.2, 0.25) is 5.02 Å². The van der Waals surface area contributed by atoms with Crippen LogP contribution in [-0.4, -0.2) is 53.3 Å². The van der Waals surface area contributed by atoms with Gasteiger partial charge in [0.25, 0.3) is 5.91 Å². The Kier molecular flexibility index (Phi) is 7.15. The average molecular weight is 504 g/mol. The van der Waals surface area contributed by atoms with Crippen molar-refractivity contribution in [3.05, 3.63) is 52.7 Å². The van der Waals surface area contributed by atoms with Crippen LogP contribution in [-0.2, 0) is 4.74 Å². The minimum Gasteiger partial charge on any atom is -0.496 e. The Morgan fingerprint density at radius 3 is 2.76 bits per heavy atom. The quantitative estimate of drug-likeness (QED) is 0.349. The number of pyridine rings is 1. The van der Waals surface area contributed by atoms with Crippen molar-refractivity contribution in [2.75, 3.05) is 32.8 Å². The number of hydrogen-bond acceptors (Lipinski definition) is 9. The third-order valence-electron chi connectivity index (χ3n) is 4.70. The summed E-state index contributed by atoms with van der Waals surface area (Å²) in [6, 6.07) is 4.71. The number of nitrogens with one attached hydrogen (secondary N) is 1. The van der Waals surface area contributed by atoms with Gasteiger partial charge in [-0.3, -0.25) is 15.1 Å². The summed E-state index contributed by atoms with van der Waals surface area (Å²) in [6.45, 7) is 2.44. The Balaban J connectivity index is 1.66. The molecule has 0 aliphatic rings. The molecule has 0 aliphatic carbocycles. The number of rotatable bonds is 8. The van der Waals surface area contributed by atoms with Gasteiger partial charge in [-0.05, 0) is 25.1 Å². The summed E-state index contributed by atoms with van der Waals surface area (Å²) < 4.78 is 30.7. The Bertz CT molecular complexity index is 1370. The molecule has 0 fully saturated rings. The first-order valence-corrected chi connectivity index (χ1v) is 11.2. The van der Waals surface area contributed by atoms with Crippen LogP contribution >= 0.6 is 22.9 Å². The zero-order valence-electron chi connectivity index (χ0n) is 18.4. The van der Waals surface area contributed by atoms with Gasteiger partial charge in [0.05, 0.1) is 36.1 Å². The highest BCUT2D eigenvalue weighted by atomic mass is 35.5. The molecule has 1 amide bonds. The van der Waals surface area contributed by atoms with Gasteiger partial charge < -0.3 is 14.2 Å². The number of fused-ring (bicyclic) bond motifs is 1. The van der Waals surface area contributed by atoms with Crippen LogP contribution in [0.3, 0.4) is 0 Å². The molecule has 1 aromatic carbocycles. The number of benzene rings is 1. The molecular weight excluding hydrogens is 485 g/mol. The van der Waals surface area contributed by atoms with Crippen molar-refractivity contribution < 1.29 is 23.4 Å². The maximum atomic E-state index is 15.0. The molecule has 0 unspecified atom stereocenters. The third kappa shape index (κ3) is 4.91. The van der Waals surface area contributed by atoms with E-state index in [9.17, 15) is 4.79 Å². The number of halogens is 2. The summed E-state index contributed by atoms with van der Waals surface area (Å²) >= 11 is 7.15. The van der Waals surface area contributed by atoms with Gasteiger partial charge in [-0.1, -0.05) is 22.9 Å². The molecule has 3 aromatic heterocycles. The van der Waals surface area contributed by atoms with Crippen molar-refractivity contribution in [1.29, 1.82) is 0 Å². The van der Waals surface area contributed by atoms with Gasteiger partial charge in [0.1, 0.15) is 17.9 Å². The Morgan fingerprint density at radius 1 is 1.18 bits per heavy atom. The summed E-state index contributed by atoms with van der Waals surface area (Å²) in [5, 5.41) is 2.92. The topological polar surface area (TPSA) is 108 Å². The second kappa shape index (κ2) is 10.2. The zero-order valence-corrected chi connectivity index (χ0v) is 20.0. The van der Waals surface area contributed by atoms with Gasteiger partial charge in [-0.25, -0.2) is 14.4 Å². The zero-order chi connectivity index (χ0) is 24.2. The molecule has 0 atom stereocenters. The molecule has 0 saturated carbocycles. The Hall–Kier alpha value is -3.41. The first-order chi connectivity index (χ1) is 16.4. The molecule has 0 aliphatic heterocycles. The maximum absolute atomic E-state index is 15.0. The molecule has 4 aromatic rings. The second-order valence-electron chi connectivity index (χ2n) is 6.97. The Labute approximate surface area is 202 Å². The number of carbonyl (C=O) groups excluding carboxylic acids is 1. The summed E-state index contributed by atoms with van der Waals surface area (Å²) in [6.07, 6.45) is 2.87. The lowest BCUT2D eigenvalue weighted by atomic mass is 9.98. The van der Waals surface area contributed by atoms with Crippen LogP contribution in [0, 0.1) is 12.7 Å². The smallest absolute Gasteiger partial charge is 0.317 e. The lowest BCUT2D eigenvalue weighted by Gasteiger charge is -2.14. The molecule has 176 valence electrons. The van der Waals surface area contributed by atoms with Gasteiger partial charge in [-0.15, -0.1) is 0 Å². The SMILES string of the molecule is COCCOc1ncc2nc(NC(=O)c3cnc(C)cc3-c3c(OC)ccc(Cl)c3F)sc2n1. The Morgan fingerprint density at radius 2 is 2.00 bits per heavy atom. The van der Waals surface area contributed by atoms with E-state index in [0.29, 0.717) is 29.3 Å². The molecule has 12 heteroatoms. The number of aryl methyl sites for hydroxylation is 1. The number of thiazole rings is 1. The molecule has 1 N–H and O–H groups in total. The molecule has 3 heterocycles. The number of ether oxygens (including phenoxy) is 3. The number of nitrogens with zero attached hydrogens (tertiary/aromatic N) is 4. The van der Waals surface area contributed by atoms with Crippen molar-refractivity contribution in [3.8, 4) is 22.9 Å². The van der Waals surface area contributed by atoms with E-state index in [0.717, 1.165) is 11.3 Å². The largest absolute Gasteiger partial charge is 0.496 e. The summed E-state index contributed by atoms with van der Waals surface area (Å²) in [5.41, 5.74) is 1.56. The fourth-order valence-electron chi connectivity index (χ4n) is 3.13. The first kappa shape index (κ1) is 23.7. The van der Waals surface area contributed by atoms with E-state index in [1.54, 1.807) is 20.1 Å². The molecule has 0 saturated heterocycles. The monoisotopic (exact) mass is 503 g/mol. The fraction of sp³-hybridized carbons (Fsp3) is 0.227. The van der Waals surface area contributed by atoms with E-state index in [2.05, 4.69) is 25.3 Å². The summed E-state index contributed by atoms with van der Waals surface area (Å²) in [4.78, 5) is 30.6. The highest BCUT2D eigenvalue weighted by Crippen LogP contribution is 2.38. The second-order valence-corrected chi connectivity index (χ2v) is 8.35. The minimum atomic E-state index is -0.697. The number of carbonyl (C=O) groups is 1. The van der Waals surface area contributed by atoms with Crippen molar-refractivity contribution in [2.24, 2.45) is 0 Å². The van der Waals surface area contributed by atoms with Crippen molar-refractivity contribution in [2.45, 2.75) is 6.92 Å². The lowest BCUT2D eigenvalue weighted by molar-refractivity contribution is 0.102. The van der Waals surface area contributed by atoms with Crippen LogP contribution in [0.5, 0.6) is 11.8 Å². The highest BCUT2D eigenvalue weighted by Gasteiger charge is 2.23. The molecule has 34 heavy (non-hydrogen) atoms. The van der Waals surface area contributed by atoms with E-state index >= 15 is 4.39 Å². The maximum Gasteiger partial charge on any atom is 0.317 e. The molecule has 0 bridgehead atoms. The molecule has 0 radical (unpaired) electrons. The van der Waals surface area contributed by atoms with E-state index < -0.39 is 11.7 Å². The number of amides is 1. The van der Waals surface area contributed by atoms with Gasteiger partial charge in [0.2, 0.25) is 0 Å². The van der Waals surface area contributed by atoms with E-state index in [4.69, 9.17) is 25.8 Å². The van der Waals surface area contributed by atoms with Gasteiger partial charge >= 0.3 is 6.01 Å². The van der Waals surface area contributed by atoms with Gasteiger partial charge in [-0.2, -0.15) is 4.98 Å². The van der Waals surface area contributed by atoms with Crippen LogP contribution in [0.25, 0.3) is 21.5 Å². The minimum absolute atomic E-state index is 0.0682. The fourth-order valence-corrected chi connectivity index (χ4v) is 4.08. The van der Waals surface area contributed by atoms with Crippen LogP contribution in [0.4, 0.5) is 9.52 Å². The van der Waals surface area contributed by atoms with Crippen molar-refractivity contribution in [3.63, 3.8) is 0 Å². The first-order valence-electron chi connectivity index (χ1n) is 9.97. The van der Waals surface area contributed by atoms with Crippen LogP contribution in [0.1, 0.15) is 16.1 Å². The lowest BCUT2D eigenvalue weighted by Crippen LogP contribution is -2.14. The highest BCUT2D eigenvalue weighted by molar-refractivity contribution is 7.22. The molecular formula is C22H19ClFN5O4S. The van der Waals surface area contributed by atoms with Gasteiger partial charge in [0.15, 0.2) is 15.8 Å². The van der Waals surface area contributed by atoms with Crippen LogP contribution < -0.4 is 14.8 Å². The number of methoxy groups -OCH3 is 2. The molecule has 9 nitrogen and oxygen atoms in total. The number of aromatic nitrogens is 4. The normalized spacial score (nSPS) is 11.0. The standard InChI is InChI=1S/C22H19ClFN5O4S/c1-11-8-12(17-16(32-3)5-4-14(23)18(17)24)13(9-25-11)19(30)28-22-27-15-10-26-21(29-20(15)34-22)33-7-6-31-2/h4-5,8-10H,6-7H2,1-3H3,(H,27,28,30). The van der Waals surface area contributed by atoms with E-state index in [1.807, 2.05) is 0 Å². The number of hydrogen-bond donors (Lipinski definition) is 1. The van der Waals surface area contributed by atoms with E-state index in [-0.39, 0.29) is 38.6 Å². The predicted octanol–water partition coefficient (Wildman–Crippen LogP) is 4.54. The van der Waals surface area contributed by atoms with Crippen molar-refractivity contribution in [1.82, 2.24) is 19.9 Å². The summed E-state index contributed by atoms with van der Waals surface area (Å²) in [7, 11) is 2.98. The van der Waals surface area contributed by atoms with Crippen LogP contribution in [0.15, 0.2) is 30.6 Å². The third-order valence-corrected chi connectivity index (χ3v) is 5.87. The average Bonchev–Trinajstić information content (AvgIpc) is 3.22.